The second-order valence-corrected chi connectivity index (χ2v) is 7.98. The summed E-state index contributed by atoms with van der Waals surface area (Å²) in [6, 6.07) is 6.74. The Kier molecular flexibility index (Phi) is 4.88. The number of rotatable bonds is 4. The minimum Gasteiger partial charge on any atom is -0.326 e. The Morgan fingerprint density at radius 1 is 1.06 bits per heavy atom. The fraction of sp³-hybridized carbons (Fsp3) is 0.261. The highest BCUT2D eigenvalue weighted by molar-refractivity contribution is 5.84. The fourth-order valence-corrected chi connectivity index (χ4v) is 4.03. The molecule has 5 rings (SSSR count). The highest BCUT2D eigenvalue weighted by Crippen LogP contribution is 2.30. The zero-order valence-electron chi connectivity index (χ0n) is 17.9. The molecular formula is C23H21F2N7. The van der Waals surface area contributed by atoms with Crippen molar-refractivity contribution < 1.29 is 8.78 Å². The van der Waals surface area contributed by atoms with Crippen LogP contribution in [0.2, 0.25) is 0 Å². The molecule has 0 spiro atoms. The zero-order valence-corrected chi connectivity index (χ0v) is 17.9. The molecule has 0 bridgehead atoms. The van der Waals surface area contributed by atoms with Crippen molar-refractivity contribution in [2.75, 3.05) is 11.9 Å². The third kappa shape index (κ3) is 3.49. The van der Waals surface area contributed by atoms with Gasteiger partial charge in [0.15, 0.2) is 11.6 Å². The molecule has 1 N–H and O–H groups in total. The van der Waals surface area contributed by atoms with Gasteiger partial charge in [0.2, 0.25) is 5.95 Å². The summed E-state index contributed by atoms with van der Waals surface area (Å²) in [5, 5.41) is 3.02. The van der Waals surface area contributed by atoms with E-state index in [1.165, 1.54) is 6.07 Å². The number of imidazole rings is 1. The quantitative estimate of drug-likeness (QED) is 0.501. The SMILES string of the molecule is Cc1nc2c(F)cc(-c3nc(Nc4ccc5c(n4)CCN=C5)ncc3F)cc2n1C(C)C. The van der Waals surface area contributed by atoms with Crippen LogP contribution in [0.3, 0.4) is 0 Å². The summed E-state index contributed by atoms with van der Waals surface area (Å²) in [5.41, 5.74) is 3.07. The van der Waals surface area contributed by atoms with E-state index in [1.807, 2.05) is 31.4 Å². The van der Waals surface area contributed by atoms with Crippen molar-refractivity contribution in [3.05, 3.63) is 59.2 Å². The van der Waals surface area contributed by atoms with E-state index in [0.29, 0.717) is 29.3 Å². The third-order valence-electron chi connectivity index (χ3n) is 5.42. The van der Waals surface area contributed by atoms with Crippen LogP contribution in [0.5, 0.6) is 0 Å². The number of pyridine rings is 1. The predicted molar refractivity (Wildman–Crippen MR) is 119 cm³/mol. The van der Waals surface area contributed by atoms with Crippen LogP contribution in [0.25, 0.3) is 22.3 Å². The largest absolute Gasteiger partial charge is 0.326 e. The number of aromatic nitrogens is 5. The topological polar surface area (TPSA) is 80.9 Å². The number of aryl methyl sites for hydroxylation is 1. The number of nitrogens with zero attached hydrogens (tertiary/aromatic N) is 6. The number of hydrogen-bond acceptors (Lipinski definition) is 6. The molecule has 4 heterocycles. The summed E-state index contributed by atoms with van der Waals surface area (Å²) < 4.78 is 31.5. The smallest absolute Gasteiger partial charge is 0.229 e. The van der Waals surface area contributed by atoms with Crippen molar-refractivity contribution in [2.45, 2.75) is 33.2 Å². The third-order valence-corrected chi connectivity index (χ3v) is 5.42. The van der Waals surface area contributed by atoms with Gasteiger partial charge in [-0.1, -0.05) is 0 Å². The molecule has 0 saturated carbocycles. The molecule has 0 radical (unpaired) electrons. The molecule has 32 heavy (non-hydrogen) atoms. The lowest BCUT2D eigenvalue weighted by Gasteiger charge is -2.13. The number of halogens is 2. The molecule has 0 fully saturated rings. The average Bonchev–Trinajstić information content (AvgIpc) is 3.11. The van der Waals surface area contributed by atoms with Crippen molar-refractivity contribution in [3.8, 4) is 11.3 Å². The zero-order chi connectivity index (χ0) is 22.4. The van der Waals surface area contributed by atoms with E-state index in [-0.39, 0.29) is 23.2 Å². The van der Waals surface area contributed by atoms with Gasteiger partial charge in [-0.3, -0.25) is 4.99 Å². The Morgan fingerprint density at radius 3 is 2.72 bits per heavy atom. The Labute approximate surface area is 183 Å². The van der Waals surface area contributed by atoms with Crippen LogP contribution in [0, 0.1) is 18.6 Å². The molecule has 4 aromatic rings. The van der Waals surface area contributed by atoms with Crippen LogP contribution in [0.4, 0.5) is 20.5 Å². The maximum Gasteiger partial charge on any atom is 0.229 e. The summed E-state index contributed by atoms with van der Waals surface area (Å²) in [5.74, 6) is 0.251. The Morgan fingerprint density at radius 2 is 1.91 bits per heavy atom. The van der Waals surface area contributed by atoms with Gasteiger partial charge < -0.3 is 9.88 Å². The Bertz CT molecular complexity index is 1370. The molecular weight excluding hydrogens is 412 g/mol. The summed E-state index contributed by atoms with van der Waals surface area (Å²) >= 11 is 0. The van der Waals surface area contributed by atoms with Crippen molar-refractivity contribution in [2.24, 2.45) is 4.99 Å². The molecule has 1 aliphatic rings. The van der Waals surface area contributed by atoms with Crippen LogP contribution in [-0.4, -0.2) is 37.3 Å². The highest BCUT2D eigenvalue weighted by atomic mass is 19.1. The summed E-state index contributed by atoms with van der Waals surface area (Å²) in [4.78, 5) is 21.5. The van der Waals surface area contributed by atoms with Gasteiger partial charge in [-0.2, -0.15) is 0 Å². The van der Waals surface area contributed by atoms with Crippen molar-refractivity contribution in [1.82, 2.24) is 24.5 Å². The van der Waals surface area contributed by atoms with Gasteiger partial charge in [-0.25, -0.2) is 28.7 Å². The highest BCUT2D eigenvalue weighted by Gasteiger charge is 2.18. The number of nitrogens with one attached hydrogen (secondary N) is 1. The van der Waals surface area contributed by atoms with E-state index < -0.39 is 11.6 Å². The van der Waals surface area contributed by atoms with Crippen molar-refractivity contribution in [1.29, 1.82) is 0 Å². The maximum absolute atomic E-state index is 14.9. The van der Waals surface area contributed by atoms with Gasteiger partial charge >= 0.3 is 0 Å². The van der Waals surface area contributed by atoms with Crippen LogP contribution >= 0.6 is 0 Å². The molecule has 1 aliphatic heterocycles. The lowest BCUT2D eigenvalue weighted by molar-refractivity contribution is 0.600. The predicted octanol–water partition coefficient (Wildman–Crippen LogP) is 4.77. The average molecular weight is 433 g/mol. The first-order chi connectivity index (χ1) is 15.4. The van der Waals surface area contributed by atoms with Crippen LogP contribution in [0.1, 0.15) is 37.0 Å². The molecule has 0 amide bonds. The van der Waals surface area contributed by atoms with Gasteiger partial charge in [0, 0.05) is 36.3 Å². The fourth-order valence-electron chi connectivity index (χ4n) is 4.03. The van der Waals surface area contributed by atoms with E-state index >= 15 is 0 Å². The number of aliphatic imine (C=N–C) groups is 1. The number of anilines is 2. The molecule has 162 valence electrons. The van der Waals surface area contributed by atoms with Gasteiger partial charge in [-0.05, 0) is 45.0 Å². The maximum atomic E-state index is 14.9. The second-order valence-electron chi connectivity index (χ2n) is 7.98. The van der Waals surface area contributed by atoms with E-state index in [4.69, 9.17) is 0 Å². The van der Waals surface area contributed by atoms with E-state index in [0.717, 1.165) is 23.9 Å². The number of hydrogen-bond donors (Lipinski definition) is 1. The molecule has 0 saturated heterocycles. The van der Waals surface area contributed by atoms with E-state index in [1.54, 1.807) is 18.3 Å². The Hall–Kier alpha value is -3.75. The lowest BCUT2D eigenvalue weighted by atomic mass is 10.1. The summed E-state index contributed by atoms with van der Waals surface area (Å²) in [7, 11) is 0. The molecule has 0 atom stereocenters. The van der Waals surface area contributed by atoms with Crippen LogP contribution < -0.4 is 5.32 Å². The van der Waals surface area contributed by atoms with Crippen molar-refractivity contribution in [3.63, 3.8) is 0 Å². The summed E-state index contributed by atoms with van der Waals surface area (Å²) in [6.45, 7) is 6.50. The van der Waals surface area contributed by atoms with Gasteiger partial charge in [0.1, 0.15) is 22.9 Å². The van der Waals surface area contributed by atoms with Gasteiger partial charge in [0.05, 0.1) is 17.4 Å². The molecule has 0 unspecified atom stereocenters. The molecule has 3 aromatic heterocycles. The monoisotopic (exact) mass is 433 g/mol. The number of fused-ring (bicyclic) bond motifs is 2. The summed E-state index contributed by atoms with van der Waals surface area (Å²) in [6.07, 6.45) is 3.62. The van der Waals surface area contributed by atoms with Gasteiger partial charge in [-0.15, -0.1) is 0 Å². The second kappa shape index (κ2) is 7.74. The van der Waals surface area contributed by atoms with Crippen molar-refractivity contribution >= 4 is 29.0 Å². The number of benzene rings is 1. The first-order valence-electron chi connectivity index (χ1n) is 10.4. The standard InChI is InChI=1S/C23H21F2N7/c1-12(2)32-13(3)28-22-16(24)8-15(9-19(22)32)21-17(25)11-27-23(31-21)30-20-5-4-14-10-26-7-6-18(14)29-20/h4-5,8-12H,6-7H2,1-3H3,(H,27,29,30,31). The first kappa shape index (κ1) is 20.2. The van der Waals surface area contributed by atoms with Gasteiger partial charge in [0.25, 0.3) is 0 Å². The molecule has 7 nitrogen and oxygen atoms in total. The molecule has 9 heteroatoms. The first-order valence-corrected chi connectivity index (χ1v) is 10.4. The van der Waals surface area contributed by atoms with Crippen LogP contribution in [-0.2, 0) is 6.42 Å². The van der Waals surface area contributed by atoms with E-state index in [2.05, 4.69) is 30.2 Å². The molecule has 1 aromatic carbocycles. The van der Waals surface area contributed by atoms with E-state index in [9.17, 15) is 8.78 Å². The Balaban J connectivity index is 1.55. The lowest BCUT2D eigenvalue weighted by Crippen LogP contribution is -2.08. The minimum absolute atomic E-state index is 0.00236. The van der Waals surface area contributed by atoms with Crippen LogP contribution in [0.15, 0.2) is 35.5 Å². The normalized spacial score (nSPS) is 13.1. The molecule has 0 aliphatic carbocycles. The minimum atomic E-state index is -0.642.